The fraction of sp³-hybridized carbons (Fsp3) is 0.367. The van der Waals surface area contributed by atoms with Crippen LogP contribution in [0.5, 0.6) is 0 Å². The first kappa shape index (κ1) is 25.3. The maximum atomic E-state index is 13.1. The number of carbonyl (C=O) groups excluding carboxylic acids is 1. The van der Waals surface area contributed by atoms with Gasteiger partial charge in [-0.2, -0.15) is 0 Å². The molecule has 2 aliphatic rings. The summed E-state index contributed by atoms with van der Waals surface area (Å²) in [6.07, 6.45) is 2.18. The van der Waals surface area contributed by atoms with E-state index >= 15 is 0 Å². The molecule has 1 aliphatic carbocycles. The molecule has 1 aliphatic heterocycles. The smallest absolute Gasteiger partial charge is 0.293 e. The van der Waals surface area contributed by atoms with Crippen molar-refractivity contribution in [3.63, 3.8) is 0 Å². The number of benzene rings is 2. The molecule has 4 aromatic rings. The van der Waals surface area contributed by atoms with Gasteiger partial charge in [0.05, 0.1) is 12.0 Å². The molecule has 0 atom stereocenters. The van der Waals surface area contributed by atoms with E-state index in [4.69, 9.17) is 10.5 Å². The normalized spacial score (nSPS) is 16.9. The minimum Gasteiger partial charge on any atom is -0.383 e. The van der Waals surface area contributed by atoms with E-state index in [0.29, 0.717) is 23.8 Å². The standard InChI is InChI=1S/C30H35N7O2/c1-30(12-13-30)25-23(20-6-10-22(11-7-20)37-16-14-36(2)15-17-37)24-26(31)34-28(35-27(24)33-25)29(38)32-21-8-4-19(5-9-21)18-39-3/h4-11H,12-18H2,1-3H3,(H,32,38)(H3,31,33,34,35). The van der Waals surface area contributed by atoms with E-state index in [-0.39, 0.29) is 11.2 Å². The molecule has 39 heavy (non-hydrogen) atoms. The van der Waals surface area contributed by atoms with Crippen LogP contribution in [0.25, 0.3) is 22.2 Å². The fourth-order valence-corrected chi connectivity index (χ4v) is 5.34. The predicted molar refractivity (Wildman–Crippen MR) is 155 cm³/mol. The molecule has 6 rings (SSSR count). The van der Waals surface area contributed by atoms with E-state index in [9.17, 15) is 4.79 Å². The van der Waals surface area contributed by atoms with E-state index in [1.54, 1.807) is 7.11 Å². The number of H-pyrrole nitrogens is 1. The number of nitrogen functional groups attached to an aromatic ring is 1. The van der Waals surface area contributed by atoms with Gasteiger partial charge in [0.2, 0.25) is 5.82 Å². The molecule has 2 aromatic carbocycles. The summed E-state index contributed by atoms with van der Waals surface area (Å²) in [6.45, 7) is 6.94. The number of ether oxygens (including phenoxy) is 1. The highest BCUT2D eigenvalue weighted by Crippen LogP contribution is 2.52. The molecule has 202 valence electrons. The molecule has 1 saturated carbocycles. The largest absolute Gasteiger partial charge is 0.383 e. The van der Waals surface area contributed by atoms with E-state index in [1.165, 1.54) is 5.69 Å². The highest BCUT2D eigenvalue weighted by Gasteiger charge is 2.43. The topological polar surface area (TPSA) is 112 Å². The van der Waals surface area contributed by atoms with Gasteiger partial charge in [-0.1, -0.05) is 31.2 Å². The zero-order chi connectivity index (χ0) is 27.1. The first-order valence-electron chi connectivity index (χ1n) is 13.5. The summed E-state index contributed by atoms with van der Waals surface area (Å²) in [5, 5.41) is 3.64. The van der Waals surface area contributed by atoms with Gasteiger partial charge in [0, 0.05) is 61.3 Å². The number of amides is 1. The van der Waals surface area contributed by atoms with Gasteiger partial charge in [-0.3, -0.25) is 4.79 Å². The van der Waals surface area contributed by atoms with Gasteiger partial charge >= 0.3 is 0 Å². The molecule has 0 radical (unpaired) electrons. The van der Waals surface area contributed by atoms with Crippen molar-refractivity contribution in [3.05, 3.63) is 65.6 Å². The van der Waals surface area contributed by atoms with Crippen molar-refractivity contribution < 1.29 is 9.53 Å². The third kappa shape index (κ3) is 4.95. The predicted octanol–water partition coefficient (Wildman–Crippen LogP) is 4.41. The van der Waals surface area contributed by atoms with Gasteiger partial charge in [0.15, 0.2) is 0 Å². The summed E-state index contributed by atoms with van der Waals surface area (Å²) in [4.78, 5) is 30.5. The van der Waals surface area contributed by atoms with E-state index in [1.807, 2.05) is 24.3 Å². The number of hydrogen-bond donors (Lipinski definition) is 3. The van der Waals surface area contributed by atoms with Crippen molar-refractivity contribution in [1.29, 1.82) is 0 Å². The Morgan fingerprint density at radius 2 is 1.74 bits per heavy atom. The van der Waals surface area contributed by atoms with Crippen LogP contribution in [-0.2, 0) is 16.8 Å². The van der Waals surface area contributed by atoms with Crippen LogP contribution >= 0.6 is 0 Å². The number of anilines is 3. The van der Waals surface area contributed by atoms with Crippen LogP contribution in [0.4, 0.5) is 17.2 Å². The molecule has 1 saturated heterocycles. The molecule has 4 N–H and O–H groups in total. The number of carbonyl (C=O) groups is 1. The van der Waals surface area contributed by atoms with Gasteiger partial charge in [-0.15, -0.1) is 0 Å². The lowest BCUT2D eigenvalue weighted by molar-refractivity contribution is 0.101. The second kappa shape index (κ2) is 9.98. The van der Waals surface area contributed by atoms with Crippen LogP contribution in [-0.4, -0.2) is 66.1 Å². The number of hydrogen-bond acceptors (Lipinski definition) is 7. The maximum absolute atomic E-state index is 13.1. The number of methoxy groups -OCH3 is 1. The number of nitrogens with zero attached hydrogens (tertiary/aromatic N) is 4. The Bertz CT molecular complexity index is 1500. The van der Waals surface area contributed by atoms with Crippen LogP contribution in [0, 0.1) is 0 Å². The first-order valence-corrected chi connectivity index (χ1v) is 13.5. The number of rotatable bonds is 7. The van der Waals surface area contributed by atoms with Crippen LogP contribution in [0.1, 0.15) is 41.6 Å². The summed E-state index contributed by atoms with van der Waals surface area (Å²) in [5.74, 6) is -0.0767. The zero-order valence-electron chi connectivity index (χ0n) is 22.8. The number of aromatic nitrogens is 3. The number of nitrogens with one attached hydrogen (secondary N) is 2. The summed E-state index contributed by atoms with van der Waals surface area (Å²) < 4.78 is 5.15. The molecule has 1 amide bonds. The van der Waals surface area contributed by atoms with Crippen LogP contribution in [0.15, 0.2) is 48.5 Å². The molecular formula is C30H35N7O2. The number of aromatic amines is 1. The lowest BCUT2D eigenvalue weighted by Crippen LogP contribution is -2.44. The van der Waals surface area contributed by atoms with Crippen LogP contribution in [0.3, 0.4) is 0 Å². The van der Waals surface area contributed by atoms with Crippen molar-refractivity contribution >= 4 is 34.1 Å². The number of fused-ring (bicyclic) bond motifs is 1. The van der Waals surface area contributed by atoms with Gasteiger partial charge in [0.1, 0.15) is 11.5 Å². The van der Waals surface area contributed by atoms with Crippen molar-refractivity contribution in [1.82, 2.24) is 19.9 Å². The quantitative estimate of drug-likeness (QED) is 0.328. The Hall–Kier alpha value is -3.95. The molecular weight excluding hydrogens is 490 g/mol. The Balaban J connectivity index is 1.32. The molecule has 9 nitrogen and oxygen atoms in total. The van der Waals surface area contributed by atoms with Gasteiger partial charge in [-0.25, -0.2) is 9.97 Å². The van der Waals surface area contributed by atoms with Crippen molar-refractivity contribution in [2.45, 2.75) is 31.8 Å². The van der Waals surface area contributed by atoms with Gasteiger partial charge in [0.25, 0.3) is 5.91 Å². The van der Waals surface area contributed by atoms with Crippen molar-refractivity contribution in [2.24, 2.45) is 0 Å². The lowest BCUT2D eigenvalue weighted by Gasteiger charge is -2.34. The second-order valence-corrected chi connectivity index (χ2v) is 11.0. The van der Waals surface area contributed by atoms with E-state index in [2.05, 4.69) is 68.3 Å². The van der Waals surface area contributed by atoms with E-state index in [0.717, 1.165) is 66.8 Å². The molecule has 0 spiro atoms. The van der Waals surface area contributed by atoms with Gasteiger partial charge < -0.3 is 30.6 Å². The highest BCUT2D eigenvalue weighted by molar-refractivity contribution is 6.07. The Morgan fingerprint density at radius 1 is 1.05 bits per heavy atom. The average molecular weight is 526 g/mol. The summed E-state index contributed by atoms with van der Waals surface area (Å²) >= 11 is 0. The van der Waals surface area contributed by atoms with Gasteiger partial charge in [-0.05, 0) is 55.3 Å². The highest BCUT2D eigenvalue weighted by atomic mass is 16.5. The Labute approximate surface area is 228 Å². The molecule has 2 aromatic heterocycles. The zero-order valence-corrected chi connectivity index (χ0v) is 22.8. The summed E-state index contributed by atoms with van der Waals surface area (Å²) in [5.41, 5.74) is 13.3. The summed E-state index contributed by atoms with van der Waals surface area (Å²) in [7, 11) is 3.82. The molecule has 9 heteroatoms. The first-order chi connectivity index (χ1) is 18.8. The number of piperazine rings is 1. The number of nitrogens with two attached hydrogens (primary N) is 1. The van der Waals surface area contributed by atoms with Crippen LogP contribution < -0.4 is 16.0 Å². The minimum absolute atomic E-state index is 0.0327. The molecule has 3 heterocycles. The maximum Gasteiger partial charge on any atom is 0.293 e. The minimum atomic E-state index is -0.407. The number of likely N-dealkylation sites (N-methyl/N-ethyl adjacent to an activating group) is 1. The molecule has 2 fully saturated rings. The third-order valence-electron chi connectivity index (χ3n) is 8.03. The molecule has 0 unspecified atom stereocenters. The second-order valence-electron chi connectivity index (χ2n) is 11.0. The summed E-state index contributed by atoms with van der Waals surface area (Å²) in [6, 6.07) is 16.2. The molecule has 0 bridgehead atoms. The van der Waals surface area contributed by atoms with Crippen molar-refractivity contribution in [2.75, 3.05) is 56.3 Å². The Morgan fingerprint density at radius 3 is 2.38 bits per heavy atom. The van der Waals surface area contributed by atoms with E-state index < -0.39 is 5.91 Å². The van der Waals surface area contributed by atoms with Crippen molar-refractivity contribution in [3.8, 4) is 11.1 Å². The Kier molecular flexibility index (Phi) is 6.48. The lowest BCUT2D eigenvalue weighted by atomic mass is 9.94. The fourth-order valence-electron chi connectivity index (χ4n) is 5.34. The SMILES string of the molecule is COCc1ccc(NC(=O)c2nc(N)c3c(-c4ccc(N5CCN(C)CC5)cc4)c(C4(C)CC4)[nH]c3n2)cc1. The third-order valence-corrected chi connectivity index (χ3v) is 8.03. The van der Waals surface area contributed by atoms with Crippen LogP contribution in [0.2, 0.25) is 0 Å². The average Bonchev–Trinajstić information content (AvgIpc) is 3.56. The monoisotopic (exact) mass is 525 g/mol.